The number of ether oxygens (including phenoxy) is 3. The maximum Gasteiger partial charge on any atom is 0.317 e. The molecule has 2 atom stereocenters. The SMILES string of the molecule is CCOC(=O)C(C(=O)CCc1ccco1)C(C[N+](=O)[O-])c1ccc2c(c1)OCO2. The van der Waals surface area contributed by atoms with E-state index in [0.29, 0.717) is 22.8 Å². The van der Waals surface area contributed by atoms with Gasteiger partial charge in [0.1, 0.15) is 17.5 Å². The fraction of sp³-hybridized carbons (Fsp3) is 0.400. The lowest BCUT2D eigenvalue weighted by molar-refractivity contribution is -0.484. The van der Waals surface area contributed by atoms with Gasteiger partial charge in [-0.05, 0) is 36.8 Å². The predicted octanol–water partition coefficient (Wildman–Crippen LogP) is 2.75. The topological polar surface area (TPSA) is 118 Å². The molecule has 0 N–H and O–H groups in total. The molecular weight excluding hydrogens is 382 g/mol. The Morgan fingerprint density at radius 2 is 2.03 bits per heavy atom. The van der Waals surface area contributed by atoms with Crippen LogP contribution in [0.1, 0.15) is 30.6 Å². The van der Waals surface area contributed by atoms with Crippen LogP contribution in [-0.4, -0.2) is 36.6 Å². The number of nitrogens with zero attached hydrogens (tertiary/aromatic N) is 1. The number of aryl methyl sites for hydroxylation is 1. The van der Waals surface area contributed by atoms with Crippen LogP contribution in [0.3, 0.4) is 0 Å². The number of nitro groups is 1. The first kappa shape index (κ1) is 20.4. The Hall–Kier alpha value is -3.36. The molecule has 0 saturated heterocycles. The summed E-state index contributed by atoms with van der Waals surface area (Å²) in [6.45, 7) is 1.12. The standard InChI is InChI=1S/C20H21NO8/c1-2-26-20(23)19(16(22)7-6-14-4-3-9-27-14)15(11-21(24)25)13-5-8-17-18(10-13)29-12-28-17/h3-5,8-10,15,19H,2,6-7,11-12H2,1H3. The van der Waals surface area contributed by atoms with Gasteiger partial charge in [0.05, 0.1) is 18.8 Å². The summed E-state index contributed by atoms with van der Waals surface area (Å²) in [4.78, 5) is 36.4. The minimum atomic E-state index is -1.31. The summed E-state index contributed by atoms with van der Waals surface area (Å²) in [5.41, 5.74) is 0.440. The van der Waals surface area contributed by atoms with E-state index in [2.05, 4.69) is 0 Å². The molecule has 29 heavy (non-hydrogen) atoms. The van der Waals surface area contributed by atoms with Gasteiger partial charge in [0.25, 0.3) is 0 Å². The predicted molar refractivity (Wildman–Crippen MR) is 99.3 cm³/mol. The second-order valence-corrected chi connectivity index (χ2v) is 6.51. The van der Waals surface area contributed by atoms with E-state index in [1.807, 2.05) is 0 Å². The normalized spacial score (nSPS) is 14.2. The molecule has 0 aliphatic carbocycles. The van der Waals surface area contributed by atoms with Crippen LogP contribution >= 0.6 is 0 Å². The zero-order valence-corrected chi connectivity index (χ0v) is 15.9. The molecule has 9 heteroatoms. The number of benzene rings is 1. The van der Waals surface area contributed by atoms with Crippen molar-refractivity contribution in [1.82, 2.24) is 0 Å². The third kappa shape index (κ3) is 4.92. The van der Waals surface area contributed by atoms with Crippen LogP contribution < -0.4 is 9.47 Å². The number of hydrogen-bond donors (Lipinski definition) is 0. The third-order valence-electron chi connectivity index (χ3n) is 4.66. The number of carbonyl (C=O) groups excluding carboxylic acids is 2. The van der Waals surface area contributed by atoms with Gasteiger partial charge in [0.2, 0.25) is 13.3 Å². The first-order valence-corrected chi connectivity index (χ1v) is 9.22. The van der Waals surface area contributed by atoms with Crippen molar-refractivity contribution in [1.29, 1.82) is 0 Å². The molecule has 0 radical (unpaired) electrons. The lowest BCUT2D eigenvalue weighted by Crippen LogP contribution is -2.35. The molecule has 0 fully saturated rings. The zero-order chi connectivity index (χ0) is 20.8. The number of Topliss-reactive ketones (excluding diaryl/α,β-unsaturated/α-hetero) is 1. The van der Waals surface area contributed by atoms with Crippen molar-refractivity contribution < 1.29 is 33.1 Å². The number of esters is 1. The summed E-state index contributed by atoms with van der Waals surface area (Å²) in [6, 6.07) is 8.21. The maximum atomic E-state index is 13.0. The molecule has 3 rings (SSSR count). The number of ketones is 1. The highest BCUT2D eigenvalue weighted by Gasteiger charge is 2.40. The van der Waals surface area contributed by atoms with E-state index in [0.717, 1.165) is 0 Å². The summed E-state index contributed by atoms with van der Waals surface area (Å²) in [5, 5.41) is 11.3. The van der Waals surface area contributed by atoms with Gasteiger partial charge in [-0.25, -0.2) is 0 Å². The highest BCUT2D eigenvalue weighted by molar-refractivity contribution is 6.00. The molecular formula is C20H21NO8. The van der Waals surface area contributed by atoms with Gasteiger partial charge in [-0.2, -0.15) is 0 Å². The largest absolute Gasteiger partial charge is 0.469 e. The summed E-state index contributed by atoms with van der Waals surface area (Å²) < 4.78 is 20.9. The van der Waals surface area contributed by atoms with Gasteiger partial charge in [-0.1, -0.05) is 6.07 Å². The molecule has 1 aromatic carbocycles. The van der Waals surface area contributed by atoms with Crippen molar-refractivity contribution in [2.75, 3.05) is 19.9 Å². The second-order valence-electron chi connectivity index (χ2n) is 6.51. The van der Waals surface area contributed by atoms with Gasteiger partial charge < -0.3 is 18.6 Å². The lowest BCUT2D eigenvalue weighted by Gasteiger charge is -2.22. The minimum Gasteiger partial charge on any atom is -0.469 e. The molecule has 0 bridgehead atoms. The molecule has 0 amide bonds. The van der Waals surface area contributed by atoms with E-state index >= 15 is 0 Å². The first-order valence-electron chi connectivity index (χ1n) is 9.22. The van der Waals surface area contributed by atoms with Gasteiger partial charge in [0.15, 0.2) is 11.5 Å². The molecule has 1 aliphatic rings. The molecule has 0 saturated carbocycles. The Morgan fingerprint density at radius 1 is 1.24 bits per heavy atom. The molecule has 1 aromatic heterocycles. The summed E-state index contributed by atoms with van der Waals surface area (Å²) in [5.74, 6) is -2.01. The first-order chi connectivity index (χ1) is 14.0. The molecule has 9 nitrogen and oxygen atoms in total. The highest BCUT2D eigenvalue weighted by Crippen LogP contribution is 2.37. The fourth-order valence-corrected chi connectivity index (χ4v) is 3.32. The van der Waals surface area contributed by atoms with Crippen LogP contribution in [0.25, 0.3) is 0 Å². The molecule has 0 spiro atoms. The number of hydrogen-bond acceptors (Lipinski definition) is 8. The van der Waals surface area contributed by atoms with E-state index < -0.39 is 35.1 Å². The van der Waals surface area contributed by atoms with E-state index in [1.54, 1.807) is 37.3 Å². The monoisotopic (exact) mass is 403 g/mol. The number of carbonyl (C=O) groups is 2. The van der Waals surface area contributed by atoms with Crippen molar-refractivity contribution in [3.8, 4) is 11.5 Å². The van der Waals surface area contributed by atoms with Crippen LogP contribution in [-0.2, 0) is 20.7 Å². The number of rotatable bonds is 10. The van der Waals surface area contributed by atoms with Crippen molar-refractivity contribution in [2.24, 2.45) is 5.92 Å². The van der Waals surface area contributed by atoms with Crippen LogP contribution in [0.4, 0.5) is 0 Å². The Labute approximate surface area is 166 Å². The van der Waals surface area contributed by atoms with Crippen molar-refractivity contribution in [2.45, 2.75) is 25.7 Å². The highest BCUT2D eigenvalue weighted by atomic mass is 16.7. The number of fused-ring (bicyclic) bond motifs is 1. The Bertz CT molecular complexity index is 877. The summed E-state index contributed by atoms with van der Waals surface area (Å²) >= 11 is 0. The summed E-state index contributed by atoms with van der Waals surface area (Å²) in [6.07, 6.45) is 1.77. The van der Waals surface area contributed by atoms with Crippen LogP contribution in [0, 0.1) is 16.0 Å². The molecule has 2 aromatic rings. The van der Waals surface area contributed by atoms with Crippen LogP contribution in [0.15, 0.2) is 41.0 Å². The van der Waals surface area contributed by atoms with E-state index in [-0.39, 0.29) is 26.2 Å². The van der Waals surface area contributed by atoms with Crippen molar-refractivity contribution in [3.63, 3.8) is 0 Å². The van der Waals surface area contributed by atoms with Crippen molar-refractivity contribution in [3.05, 3.63) is 58.0 Å². The Kier molecular flexibility index (Phi) is 6.48. The quantitative estimate of drug-likeness (QED) is 0.257. The van der Waals surface area contributed by atoms with Crippen LogP contribution in [0.2, 0.25) is 0 Å². The molecule has 154 valence electrons. The molecule has 2 heterocycles. The van der Waals surface area contributed by atoms with Gasteiger partial charge in [-0.15, -0.1) is 0 Å². The van der Waals surface area contributed by atoms with Gasteiger partial charge in [0, 0.05) is 17.8 Å². The Morgan fingerprint density at radius 3 is 2.72 bits per heavy atom. The lowest BCUT2D eigenvalue weighted by atomic mass is 9.81. The van der Waals surface area contributed by atoms with Gasteiger partial charge >= 0.3 is 5.97 Å². The van der Waals surface area contributed by atoms with E-state index in [4.69, 9.17) is 18.6 Å². The maximum absolute atomic E-state index is 13.0. The van der Waals surface area contributed by atoms with Crippen molar-refractivity contribution >= 4 is 11.8 Å². The van der Waals surface area contributed by atoms with E-state index in [1.165, 1.54) is 6.26 Å². The summed E-state index contributed by atoms with van der Waals surface area (Å²) in [7, 11) is 0. The number of furan rings is 1. The fourth-order valence-electron chi connectivity index (χ4n) is 3.32. The average molecular weight is 403 g/mol. The molecule has 2 unspecified atom stereocenters. The average Bonchev–Trinajstić information content (AvgIpc) is 3.36. The third-order valence-corrected chi connectivity index (χ3v) is 4.66. The van der Waals surface area contributed by atoms with Crippen LogP contribution in [0.5, 0.6) is 11.5 Å². The van der Waals surface area contributed by atoms with E-state index in [9.17, 15) is 19.7 Å². The smallest absolute Gasteiger partial charge is 0.317 e. The van der Waals surface area contributed by atoms with Gasteiger partial charge in [-0.3, -0.25) is 19.7 Å². The minimum absolute atomic E-state index is 0.00421. The molecule has 1 aliphatic heterocycles. The Balaban J connectivity index is 1.90. The zero-order valence-electron chi connectivity index (χ0n) is 15.9. The second kappa shape index (κ2) is 9.22.